The topological polar surface area (TPSA) is 270 Å². The molecule has 0 amide bonds. The molecule has 0 unspecified atom stereocenters. The minimum absolute atomic E-state index is 0.0833. The van der Waals surface area contributed by atoms with Gasteiger partial charge in [-0.1, -0.05) is 42.5 Å². The Labute approximate surface area is 161 Å². The van der Waals surface area contributed by atoms with Crippen molar-refractivity contribution in [2.24, 2.45) is 22.9 Å². The summed E-state index contributed by atoms with van der Waals surface area (Å²) in [6.07, 6.45) is 0. The molecule has 0 aromatic heterocycles. The maximum Gasteiger partial charge on any atom is 0.336 e. The van der Waals surface area contributed by atoms with Crippen molar-refractivity contribution < 1.29 is 36.8 Å². The fraction of sp³-hybridized carbons (Fsp3) is 0. The third-order valence-electron chi connectivity index (χ3n) is 2.58. The molecule has 12 N–H and O–H groups in total. The molecule has 12 nitrogen and oxygen atoms in total. The van der Waals surface area contributed by atoms with Gasteiger partial charge >= 0.3 is 11.9 Å². The Morgan fingerprint density at radius 1 is 0.714 bits per heavy atom. The molecule has 2 aromatic rings. The minimum atomic E-state index is -5.12. The summed E-state index contributed by atoms with van der Waals surface area (Å²) in [5, 5.41) is 9.17. The van der Waals surface area contributed by atoms with Crippen LogP contribution >= 0.6 is 0 Å². The summed E-state index contributed by atoms with van der Waals surface area (Å²) >= 11 is 0. The number of nitrogens with two attached hydrogens (primary N) is 6. The van der Waals surface area contributed by atoms with Crippen LogP contribution in [0.15, 0.2) is 58.3 Å². The van der Waals surface area contributed by atoms with Crippen LogP contribution in [0.3, 0.4) is 0 Å². The van der Waals surface area contributed by atoms with Crippen molar-refractivity contribution in [3.8, 4) is 11.1 Å². The van der Waals surface area contributed by atoms with Gasteiger partial charge in [0, 0.05) is 5.56 Å². The first-order valence-electron chi connectivity index (χ1n) is 7.04. The van der Waals surface area contributed by atoms with Crippen molar-refractivity contribution in [1.29, 1.82) is 0 Å². The van der Waals surface area contributed by atoms with Crippen LogP contribution < -0.4 is 33.8 Å². The van der Waals surface area contributed by atoms with Crippen molar-refractivity contribution in [3.05, 3.63) is 48.5 Å². The highest BCUT2D eigenvalue weighted by Gasteiger charge is 2.19. The second kappa shape index (κ2) is 10.2. The van der Waals surface area contributed by atoms with Crippen LogP contribution in [0.4, 0.5) is 0 Å². The van der Waals surface area contributed by atoms with Crippen molar-refractivity contribution in [3.63, 3.8) is 0 Å². The lowest BCUT2D eigenvalue weighted by molar-refractivity contribution is -0.117. The summed E-state index contributed by atoms with van der Waals surface area (Å²) in [5.74, 6) is -0.167. The third kappa shape index (κ3) is 8.95. The second-order valence-corrected chi connectivity index (χ2v) is 7.57. The lowest BCUT2D eigenvalue weighted by Crippen LogP contribution is -2.51. The average Bonchev–Trinajstić information content (AvgIpc) is 2.52. The van der Waals surface area contributed by atoms with E-state index in [0.717, 1.165) is 6.07 Å². The zero-order chi connectivity index (χ0) is 22.1. The van der Waals surface area contributed by atoms with Gasteiger partial charge in [-0.2, -0.15) is 0 Å². The second-order valence-electron chi connectivity index (χ2n) is 4.91. The molecule has 0 aliphatic carbocycles. The third-order valence-corrected chi connectivity index (χ3v) is 4.53. The molecule has 0 atom stereocenters. The van der Waals surface area contributed by atoms with Crippen LogP contribution in [0.5, 0.6) is 0 Å². The van der Waals surface area contributed by atoms with E-state index < -0.39 is 30.0 Å². The van der Waals surface area contributed by atoms with Gasteiger partial charge in [0.25, 0.3) is 0 Å². The molecule has 0 saturated heterocycles. The highest BCUT2D eigenvalue weighted by Crippen LogP contribution is 2.32. The predicted octanol–water partition coefficient (Wildman–Crippen LogP) is -4.80. The van der Waals surface area contributed by atoms with Gasteiger partial charge in [0.05, 0.1) is 9.79 Å². The van der Waals surface area contributed by atoms with Crippen LogP contribution in [0.25, 0.3) is 11.1 Å². The van der Waals surface area contributed by atoms with Crippen LogP contribution in [-0.4, -0.2) is 37.9 Å². The van der Waals surface area contributed by atoms with E-state index in [1.54, 1.807) is 18.2 Å². The van der Waals surface area contributed by atoms with E-state index in [-0.39, 0.29) is 17.5 Å². The molecule has 2 aromatic carbocycles. The molecule has 0 aliphatic rings. The maximum absolute atomic E-state index is 11.3. The lowest BCUT2D eigenvalue weighted by Gasteiger charge is -2.19. The van der Waals surface area contributed by atoms with Crippen molar-refractivity contribution in [2.75, 3.05) is 0 Å². The molecule has 0 aliphatic heterocycles. The van der Waals surface area contributed by atoms with Gasteiger partial charge in [0.15, 0.2) is 0 Å². The normalized spacial score (nSPS) is 10.5. The summed E-state index contributed by atoms with van der Waals surface area (Å²) in [4.78, 5) is -2.05. The summed E-state index contributed by atoms with van der Waals surface area (Å²) in [6, 6.07) is 11.2. The molecule has 0 radical (unpaired) electrons. The van der Waals surface area contributed by atoms with Crippen LogP contribution in [0.1, 0.15) is 0 Å². The van der Waals surface area contributed by atoms with E-state index >= 15 is 0 Å². The van der Waals surface area contributed by atoms with E-state index in [1.807, 2.05) is 0 Å². The highest BCUT2D eigenvalue weighted by atomic mass is 32.2. The van der Waals surface area contributed by atoms with Gasteiger partial charge in [-0.05, 0) is 11.6 Å². The first-order valence-corrected chi connectivity index (χ1v) is 9.86. The number of hydrogen-bond acceptors (Lipinski definition) is 6. The molecule has 28 heavy (non-hydrogen) atoms. The SMILES string of the molecule is NC(N)=[NH2+].NC(N)=[NH2+].O=S(=O)([O-])c1cccc(-c2ccccc2)c1S(=O)(=O)[O-]. The number of benzene rings is 2. The molecular weight excluding hydrogens is 412 g/mol. The van der Waals surface area contributed by atoms with Gasteiger partial charge in [-0.25, -0.2) is 16.8 Å². The standard InChI is InChI=1S/C12H10O6S2.2CH5N3/c13-19(14,15)11-8-4-7-10(12(11)20(16,17)18)9-5-2-1-3-6-9;2*2-1(3)4/h1-8H,(H,13,14,15)(H,16,17,18);2*(H5,2,3,4). The first-order chi connectivity index (χ1) is 12.7. The van der Waals surface area contributed by atoms with Gasteiger partial charge in [-0.15, -0.1) is 0 Å². The van der Waals surface area contributed by atoms with Gasteiger partial charge in [-0.3, -0.25) is 33.8 Å². The summed E-state index contributed by atoms with van der Waals surface area (Å²) in [6.45, 7) is 0. The predicted molar refractivity (Wildman–Crippen MR) is 98.4 cm³/mol. The molecular formula is C14H20N6O6S2. The molecule has 0 bridgehead atoms. The number of guanidine groups is 2. The molecule has 0 fully saturated rings. The van der Waals surface area contributed by atoms with E-state index in [4.69, 9.17) is 0 Å². The van der Waals surface area contributed by atoms with E-state index in [9.17, 15) is 25.9 Å². The van der Waals surface area contributed by atoms with E-state index in [1.165, 1.54) is 24.3 Å². The van der Waals surface area contributed by atoms with Crippen molar-refractivity contribution >= 4 is 32.2 Å². The van der Waals surface area contributed by atoms with Gasteiger partial charge in [0.2, 0.25) is 0 Å². The fourth-order valence-corrected chi connectivity index (χ4v) is 3.78. The molecule has 0 heterocycles. The van der Waals surface area contributed by atoms with Crippen LogP contribution in [0.2, 0.25) is 0 Å². The maximum atomic E-state index is 11.3. The number of rotatable bonds is 3. The molecule has 0 spiro atoms. The fourth-order valence-electron chi connectivity index (χ4n) is 1.82. The zero-order valence-corrected chi connectivity index (χ0v) is 16.0. The first kappa shape index (κ1) is 24.8. The Morgan fingerprint density at radius 2 is 1.14 bits per heavy atom. The largest absolute Gasteiger partial charge is 0.744 e. The summed E-state index contributed by atoms with van der Waals surface area (Å²) in [7, 11) is -10.2. The Morgan fingerprint density at radius 3 is 1.50 bits per heavy atom. The molecule has 14 heteroatoms. The Hall–Kier alpha value is -3.20. The molecule has 2 rings (SSSR count). The molecule has 154 valence electrons. The average molecular weight is 432 g/mol. The summed E-state index contributed by atoms with van der Waals surface area (Å²) in [5.41, 5.74) is 18.5. The Bertz CT molecular complexity index is 1020. The molecule has 0 saturated carbocycles. The highest BCUT2D eigenvalue weighted by molar-refractivity contribution is 7.89. The Kier molecular flexibility index (Phi) is 9.05. The lowest BCUT2D eigenvalue weighted by atomic mass is 10.1. The van der Waals surface area contributed by atoms with Crippen LogP contribution in [-0.2, 0) is 20.2 Å². The number of hydrogen-bond donors (Lipinski definition) is 6. The zero-order valence-electron chi connectivity index (χ0n) is 14.3. The minimum Gasteiger partial charge on any atom is -0.744 e. The monoisotopic (exact) mass is 432 g/mol. The van der Waals surface area contributed by atoms with Gasteiger partial charge in [0.1, 0.15) is 20.2 Å². The van der Waals surface area contributed by atoms with Crippen molar-refractivity contribution in [1.82, 2.24) is 0 Å². The van der Waals surface area contributed by atoms with E-state index in [2.05, 4.69) is 33.8 Å². The Balaban J connectivity index is 0.000000776. The van der Waals surface area contributed by atoms with E-state index in [0.29, 0.717) is 5.56 Å². The summed E-state index contributed by atoms with van der Waals surface area (Å²) < 4.78 is 67.4. The quantitative estimate of drug-likeness (QED) is 0.153. The van der Waals surface area contributed by atoms with Gasteiger partial charge < -0.3 is 9.11 Å². The van der Waals surface area contributed by atoms with Crippen LogP contribution in [0, 0.1) is 0 Å². The smallest absolute Gasteiger partial charge is 0.336 e. The van der Waals surface area contributed by atoms with Crippen molar-refractivity contribution in [2.45, 2.75) is 9.79 Å².